The lowest BCUT2D eigenvalue weighted by Crippen LogP contribution is -2.53. The van der Waals surface area contributed by atoms with Gasteiger partial charge in [0.05, 0.1) is 12.1 Å². The summed E-state index contributed by atoms with van der Waals surface area (Å²) in [6.07, 6.45) is 4.20. The molecule has 0 aliphatic carbocycles. The van der Waals surface area contributed by atoms with Crippen molar-refractivity contribution in [2.45, 2.75) is 45.1 Å². The SMILES string of the molecule is CC(C)(CNC(=O)Cc1csc(-c2ccccc2)n1)N1CCCCC1. The van der Waals surface area contributed by atoms with E-state index in [2.05, 4.69) is 29.0 Å². The molecule has 134 valence electrons. The Balaban J connectivity index is 1.52. The Kier molecular flexibility index (Phi) is 5.86. The van der Waals surface area contributed by atoms with Gasteiger partial charge in [-0.3, -0.25) is 9.69 Å². The highest BCUT2D eigenvalue weighted by molar-refractivity contribution is 7.13. The number of likely N-dealkylation sites (tertiary alicyclic amines) is 1. The number of benzene rings is 1. The number of carbonyl (C=O) groups is 1. The minimum Gasteiger partial charge on any atom is -0.354 e. The second kappa shape index (κ2) is 8.11. The van der Waals surface area contributed by atoms with E-state index in [1.165, 1.54) is 19.3 Å². The van der Waals surface area contributed by atoms with Gasteiger partial charge in [-0.1, -0.05) is 36.8 Å². The van der Waals surface area contributed by atoms with Crippen molar-refractivity contribution in [3.63, 3.8) is 0 Å². The molecule has 0 radical (unpaired) electrons. The lowest BCUT2D eigenvalue weighted by atomic mass is 9.98. The Hall–Kier alpha value is -1.72. The van der Waals surface area contributed by atoms with Crippen LogP contribution in [0, 0.1) is 0 Å². The van der Waals surface area contributed by atoms with Gasteiger partial charge in [0.15, 0.2) is 0 Å². The molecule has 0 unspecified atom stereocenters. The summed E-state index contributed by atoms with van der Waals surface area (Å²) in [7, 11) is 0. The third-order valence-electron chi connectivity index (χ3n) is 4.84. The highest BCUT2D eigenvalue weighted by Crippen LogP contribution is 2.23. The monoisotopic (exact) mass is 357 g/mol. The molecule has 3 rings (SSSR count). The normalized spacial score (nSPS) is 15.9. The third kappa shape index (κ3) is 4.89. The van der Waals surface area contributed by atoms with Crippen molar-refractivity contribution >= 4 is 17.2 Å². The van der Waals surface area contributed by atoms with Crippen LogP contribution in [0.1, 0.15) is 38.8 Å². The number of nitrogens with one attached hydrogen (secondary N) is 1. The molecule has 1 N–H and O–H groups in total. The second-order valence-electron chi connectivity index (χ2n) is 7.32. The summed E-state index contributed by atoms with van der Waals surface area (Å²) in [6, 6.07) is 10.1. The fourth-order valence-electron chi connectivity index (χ4n) is 3.25. The predicted molar refractivity (Wildman–Crippen MR) is 104 cm³/mol. The van der Waals surface area contributed by atoms with Gasteiger partial charge in [-0.05, 0) is 39.8 Å². The van der Waals surface area contributed by atoms with Crippen molar-refractivity contribution in [3.05, 3.63) is 41.4 Å². The Morgan fingerprint density at radius 3 is 2.64 bits per heavy atom. The molecule has 25 heavy (non-hydrogen) atoms. The van der Waals surface area contributed by atoms with Crippen molar-refractivity contribution < 1.29 is 4.79 Å². The van der Waals surface area contributed by atoms with Crippen LogP contribution in [0.25, 0.3) is 10.6 Å². The average Bonchev–Trinajstić information content (AvgIpc) is 3.10. The summed E-state index contributed by atoms with van der Waals surface area (Å²) in [5, 5.41) is 6.06. The van der Waals surface area contributed by atoms with Crippen LogP contribution in [0.5, 0.6) is 0 Å². The zero-order valence-electron chi connectivity index (χ0n) is 15.1. The second-order valence-corrected chi connectivity index (χ2v) is 8.18. The van der Waals surface area contributed by atoms with Gasteiger partial charge >= 0.3 is 0 Å². The van der Waals surface area contributed by atoms with Crippen molar-refractivity contribution in [2.75, 3.05) is 19.6 Å². The molecule has 0 bridgehead atoms. The van der Waals surface area contributed by atoms with Crippen molar-refractivity contribution in [1.29, 1.82) is 0 Å². The molecular formula is C20H27N3OS. The van der Waals surface area contributed by atoms with Crippen molar-refractivity contribution in [3.8, 4) is 10.6 Å². The number of hydrogen-bond acceptors (Lipinski definition) is 4. The number of piperidine rings is 1. The van der Waals surface area contributed by atoms with Gasteiger partial charge in [0.25, 0.3) is 0 Å². The molecule has 1 saturated heterocycles. The first-order chi connectivity index (χ1) is 12.0. The number of rotatable bonds is 6. The number of nitrogens with zero attached hydrogens (tertiary/aromatic N) is 2. The number of hydrogen-bond donors (Lipinski definition) is 1. The Morgan fingerprint density at radius 1 is 1.20 bits per heavy atom. The number of thiazole rings is 1. The third-order valence-corrected chi connectivity index (χ3v) is 5.78. The lowest BCUT2D eigenvalue weighted by Gasteiger charge is -2.41. The number of aromatic nitrogens is 1. The minimum absolute atomic E-state index is 0.00730. The number of amides is 1. The Labute approximate surface area is 154 Å². The number of carbonyl (C=O) groups excluding carboxylic acids is 1. The summed E-state index contributed by atoms with van der Waals surface area (Å²) < 4.78 is 0. The van der Waals surface area contributed by atoms with E-state index in [4.69, 9.17) is 0 Å². The topological polar surface area (TPSA) is 45.2 Å². The summed E-state index contributed by atoms with van der Waals surface area (Å²) in [4.78, 5) is 19.4. The van der Waals surface area contributed by atoms with E-state index >= 15 is 0 Å². The maximum Gasteiger partial charge on any atom is 0.226 e. The first kappa shape index (κ1) is 18.1. The Bertz CT molecular complexity index is 690. The summed E-state index contributed by atoms with van der Waals surface area (Å²) in [5.41, 5.74) is 1.95. The lowest BCUT2D eigenvalue weighted by molar-refractivity contribution is -0.121. The minimum atomic E-state index is 0.00730. The van der Waals surface area contributed by atoms with Gasteiger partial charge in [0, 0.05) is 23.0 Å². The molecule has 4 nitrogen and oxygen atoms in total. The zero-order valence-corrected chi connectivity index (χ0v) is 15.9. The van der Waals surface area contributed by atoms with Gasteiger partial charge < -0.3 is 5.32 Å². The van der Waals surface area contributed by atoms with Gasteiger partial charge in [-0.15, -0.1) is 11.3 Å². The average molecular weight is 358 g/mol. The van der Waals surface area contributed by atoms with E-state index in [0.29, 0.717) is 13.0 Å². The largest absolute Gasteiger partial charge is 0.354 e. The van der Waals surface area contributed by atoms with Crippen LogP contribution in [0.2, 0.25) is 0 Å². The molecule has 0 saturated carbocycles. The maximum atomic E-state index is 12.3. The maximum absolute atomic E-state index is 12.3. The van der Waals surface area contributed by atoms with Crippen LogP contribution in [-0.2, 0) is 11.2 Å². The van der Waals surface area contributed by atoms with E-state index in [1.54, 1.807) is 11.3 Å². The van der Waals surface area contributed by atoms with E-state index in [-0.39, 0.29) is 11.4 Å². The molecule has 0 spiro atoms. The predicted octanol–water partition coefficient (Wildman–Crippen LogP) is 3.73. The smallest absolute Gasteiger partial charge is 0.226 e. The summed E-state index contributed by atoms with van der Waals surface area (Å²) in [6.45, 7) is 7.39. The van der Waals surface area contributed by atoms with Crippen LogP contribution in [0.4, 0.5) is 0 Å². The van der Waals surface area contributed by atoms with Gasteiger partial charge in [-0.2, -0.15) is 0 Å². The van der Waals surface area contributed by atoms with Crippen LogP contribution < -0.4 is 5.32 Å². The molecule has 1 aromatic carbocycles. The quantitative estimate of drug-likeness (QED) is 0.857. The van der Waals surface area contributed by atoms with E-state index in [0.717, 1.165) is 29.4 Å². The molecular weight excluding hydrogens is 330 g/mol. The molecule has 2 aromatic rings. The van der Waals surface area contributed by atoms with E-state index < -0.39 is 0 Å². The fraction of sp³-hybridized carbons (Fsp3) is 0.500. The molecule has 1 aliphatic rings. The fourth-order valence-corrected chi connectivity index (χ4v) is 4.08. The summed E-state index contributed by atoms with van der Waals surface area (Å²) in [5.74, 6) is 0.0509. The highest BCUT2D eigenvalue weighted by atomic mass is 32.1. The van der Waals surface area contributed by atoms with Crippen LogP contribution >= 0.6 is 11.3 Å². The summed E-state index contributed by atoms with van der Waals surface area (Å²) >= 11 is 1.59. The van der Waals surface area contributed by atoms with Gasteiger partial charge in [0.2, 0.25) is 5.91 Å². The molecule has 5 heteroatoms. The molecule has 1 fully saturated rings. The standard InChI is InChI=1S/C20H27N3OS/c1-20(2,23-11-7-4-8-12-23)15-21-18(24)13-17-14-25-19(22-17)16-9-5-3-6-10-16/h3,5-6,9-10,14H,4,7-8,11-13,15H2,1-2H3,(H,21,24). The molecule has 2 heterocycles. The van der Waals surface area contributed by atoms with Crippen molar-refractivity contribution in [2.24, 2.45) is 0 Å². The first-order valence-electron chi connectivity index (χ1n) is 9.06. The molecule has 1 aromatic heterocycles. The van der Waals surface area contributed by atoms with Crippen LogP contribution in [0.3, 0.4) is 0 Å². The van der Waals surface area contributed by atoms with Crippen LogP contribution in [0.15, 0.2) is 35.7 Å². The first-order valence-corrected chi connectivity index (χ1v) is 9.94. The van der Waals surface area contributed by atoms with E-state index in [9.17, 15) is 4.79 Å². The Morgan fingerprint density at radius 2 is 1.92 bits per heavy atom. The zero-order chi connectivity index (χ0) is 17.7. The van der Waals surface area contributed by atoms with E-state index in [1.807, 2.05) is 35.7 Å². The molecule has 1 amide bonds. The van der Waals surface area contributed by atoms with Gasteiger partial charge in [0.1, 0.15) is 5.01 Å². The highest BCUT2D eigenvalue weighted by Gasteiger charge is 2.28. The van der Waals surface area contributed by atoms with Gasteiger partial charge in [-0.25, -0.2) is 4.98 Å². The van der Waals surface area contributed by atoms with Crippen LogP contribution in [-0.4, -0.2) is 41.0 Å². The van der Waals surface area contributed by atoms with Crippen molar-refractivity contribution in [1.82, 2.24) is 15.2 Å². The molecule has 1 aliphatic heterocycles. The molecule has 0 atom stereocenters.